The molecule has 0 fully saturated rings. The second-order valence-corrected chi connectivity index (χ2v) is 6.01. The lowest BCUT2D eigenvalue weighted by Crippen LogP contribution is -2.24. The third-order valence-corrected chi connectivity index (χ3v) is 4.20. The lowest BCUT2D eigenvalue weighted by Gasteiger charge is -2.05. The van der Waals surface area contributed by atoms with Gasteiger partial charge in [-0.2, -0.15) is 5.10 Å². The molecule has 0 bridgehead atoms. The minimum atomic E-state index is -0.206. The highest BCUT2D eigenvalue weighted by Gasteiger charge is 2.16. The predicted molar refractivity (Wildman–Crippen MR) is 99.0 cm³/mol. The van der Waals surface area contributed by atoms with Crippen molar-refractivity contribution < 1.29 is 9.53 Å². The molecule has 8 nitrogen and oxygen atoms in total. The number of carbonyl (C=O) groups is 1. The van der Waals surface area contributed by atoms with Crippen molar-refractivity contribution in [2.24, 2.45) is 0 Å². The van der Waals surface area contributed by atoms with E-state index in [-0.39, 0.29) is 5.91 Å². The van der Waals surface area contributed by atoms with E-state index in [0.717, 1.165) is 17.0 Å². The van der Waals surface area contributed by atoms with Gasteiger partial charge in [-0.1, -0.05) is 6.07 Å². The summed E-state index contributed by atoms with van der Waals surface area (Å²) in [6.07, 6.45) is 7.02. The zero-order chi connectivity index (χ0) is 18.8. The topological polar surface area (TPSA) is 86.3 Å². The number of aryl methyl sites for hydroxylation is 1. The molecule has 1 N–H and O–H groups in total. The van der Waals surface area contributed by atoms with Gasteiger partial charge in [-0.25, -0.2) is 14.6 Å². The molecule has 4 aromatic rings. The number of methoxy groups -OCH3 is 1. The second kappa shape index (κ2) is 6.91. The van der Waals surface area contributed by atoms with Gasteiger partial charge in [0.25, 0.3) is 5.91 Å². The lowest BCUT2D eigenvalue weighted by atomic mass is 10.3. The number of nitrogens with zero attached hydrogens (tertiary/aromatic N) is 5. The highest BCUT2D eigenvalue weighted by Crippen LogP contribution is 2.16. The minimum Gasteiger partial charge on any atom is -0.497 e. The first kappa shape index (κ1) is 16.8. The van der Waals surface area contributed by atoms with E-state index in [4.69, 9.17) is 4.74 Å². The van der Waals surface area contributed by atoms with Crippen molar-refractivity contribution in [3.8, 4) is 11.4 Å². The number of aromatic nitrogens is 5. The predicted octanol–water partition coefficient (Wildman–Crippen LogP) is 2.16. The fourth-order valence-corrected chi connectivity index (χ4v) is 2.88. The third kappa shape index (κ3) is 3.24. The van der Waals surface area contributed by atoms with Crippen LogP contribution in [0, 0.1) is 6.92 Å². The van der Waals surface area contributed by atoms with Crippen molar-refractivity contribution in [2.75, 3.05) is 7.11 Å². The minimum absolute atomic E-state index is 0.206. The Bertz CT molecular complexity index is 1110. The zero-order valence-electron chi connectivity index (χ0n) is 15.0. The molecule has 27 heavy (non-hydrogen) atoms. The number of nitrogens with one attached hydrogen (secondary N) is 1. The molecule has 0 aliphatic rings. The number of rotatable bonds is 5. The molecular formula is C19H18N6O2. The van der Waals surface area contributed by atoms with Gasteiger partial charge in [0.1, 0.15) is 11.4 Å². The first-order valence-corrected chi connectivity index (χ1v) is 8.41. The number of carbonyl (C=O) groups excluding carboxylic acids is 1. The maximum absolute atomic E-state index is 12.6. The number of hydrogen-bond acceptors (Lipinski definition) is 5. The number of fused-ring (bicyclic) bond motifs is 1. The van der Waals surface area contributed by atoms with Gasteiger partial charge in [-0.3, -0.25) is 9.20 Å². The van der Waals surface area contributed by atoms with Crippen LogP contribution in [0.1, 0.15) is 21.7 Å². The van der Waals surface area contributed by atoms with E-state index in [1.807, 2.05) is 30.5 Å². The van der Waals surface area contributed by atoms with E-state index in [0.29, 0.717) is 23.7 Å². The molecule has 3 heterocycles. The average molecular weight is 362 g/mol. The molecule has 0 radical (unpaired) electrons. The van der Waals surface area contributed by atoms with Gasteiger partial charge >= 0.3 is 0 Å². The molecule has 1 amide bonds. The number of imidazole rings is 1. The SMILES string of the molecule is COc1cccc(-n2cc(CNC(=O)c3c(C)nc4ncccn34)cn2)c1. The van der Waals surface area contributed by atoms with Gasteiger partial charge in [0.15, 0.2) is 0 Å². The molecule has 4 rings (SSSR count). The van der Waals surface area contributed by atoms with Crippen molar-refractivity contribution >= 4 is 11.7 Å². The van der Waals surface area contributed by atoms with Gasteiger partial charge in [0, 0.05) is 36.8 Å². The number of amides is 1. The molecule has 0 aliphatic carbocycles. The van der Waals surface area contributed by atoms with E-state index >= 15 is 0 Å². The fraction of sp³-hybridized carbons (Fsp3) is 0.158. The summed E-state index contributed by atoms with van der Waals surface area (Å²) in [4.78, 5) is 21.1. The Morgan fingerprint density at radius 1 is 1.30 bits per heavy atom. The Kier molecular flexibility index (Phi) is 4.29. The molecule has 0 unspecified atom stereocenters. The molecule has 0 aliphatic heterocycles. The Balaban J connectivity index is 1.50. The second-order valence-electron chi connectivity index (χ2n) is 6.01. The van der Waals surface area contributed by atoms with Gasteiger partial charge in [-0.05, 0) is 25.1 Å². The van der Waals surface area contributed by atoms with Crippen LogP contribution in [-0.4, -0.2) is 37.2 Å². The van der Waals surface area contributed by atoms with Crippen LogP contribution in [0.25, 0.3) is 11.5 Å². The van der Waals surface area contributed by atoms with Crippen LogP contribution < -0.4 is 10.1 Å². The Morgan fingerprint density at radius 2 is 2.19 bits per heavy atom. The zero-order valence-corrected chi connectivity index (χ0v) is 15.0. The van der Waals surface area contributed by atoms with E-state index < -0.39 is 0 Å². The van der Waals surface area contributed by atoms with E-state index in [2.05, 4.69) is 20.4 Å². The lowest BCUT2D eigenvalue weighted by molar-refractivity contribution is 0.0944. The average Bonchev–Trinajstić information content (AvgIpc) is 3.30. The summed E-state index contributed by atoms with van der Waals surface area (Å²) in [7, 11) is 1.63. The van der Waals surface area contributed by atoms with Crippen molar-refractivity contribution in [2.45, 2.75) is 13.5 Å². The molecule has 136 valence electrons. The third-order valence-electron chi connectivity index (χ3n) is 4.20. The largest absolute Gasteiger partial charge is 0.497 e. The summed E-state index contributed by atoms with van der Waals surface area (Å²) in [6.45, 7) is 2.15. The summed E-state index contributed by atoms with van der Waals surface area (Å²) >= 11 is 0. The van der Waals surface area contributed by atoms with Gasteiger partial charge in [-0.15, -0.1) is 0 Å². The molecule has 0 atom stereocenters. The number of hydrogen-bond donors (Lipinski definition) is 1. The molecule has 0 saturated heterocycles. The van der Waals surface area contributed by atoms with Crippen LogP contribution in [0.4, 0.5) is 0 Å². The van der Waals surface area contributed by atoms with Gasteiger partial charge in [0.2, 0.25) is 5.78 Å². The Morgan fingerprint density at radius 3 is 3.04 bits per heavy atom. The van der Waals surface area contributed by atoms with E-state index in [1.165, 1.54) is 0 Å². The van der Waals surface area contributed by atoms with Crippen LogP contribution in [0.5, 0.6) is 5.75 Å². The van der Waals surface area contributed by atoms with Crippen LogP contribution in [0.15, 0.2) is 55.1 Å². The molecule has 8 heteroatoms. The number of ether oxygens (including phenoxy) is 1. The van der Waals surface area contributed by atoms with E-state index in [1.54, 1.807) is 47.8 Å². The molecule has 3 aromatic heterocycles. The number of benzene rings is 1. The highest BCUT2D eigenvalue weighted by molar-refractivity contribution is 5.94. The summed E-state index contributed by atoms with van der Waals surface area (Å²) < 4.78 is 8.67. The molecule has 0 spiro atoms. The van der Waals surface area contributed by atoms with E-state index in [9.17, 15) is 4.79 Å². The van der Waals surface area contributed by atoms with Crippen LogP contribution in [0.2, 0.25) is 0 Å². The molecular weight excluding hydrogens is 344 g/mol. The maximum Gasteiger partial charge on any atom is 0.270 e. The monoisotopic (exact) mass is 362 g/mol. The van der Waals surface area contributed by atoms with Crippen molar-refractivity contribution in [3.63, 3.8) is 0 Å². The smallest absolute Gasteiger partial charge is 0.270 e. The van der Waals surface area contributed by atoms with Crippen LogP contribution in [0.3, 0.4) is 0 Å². The van der Waals surface area contributed by atoms with Gasteiger partial charge in [0.05, 0.1) is 24.7 Å². The maximum atomic E-state index is 12.6. The summed E-state index contributed by atoms with van der Waals surface area (Å²) in [5.74, 6) is 1.06. The quantitative estimate of drug-likeness (QED) is 0.588. The fourth-order valence-electron chi connectivity index (χ4n) is 2.88. The molecule has 1 aromatic carbocycles. The highest BCUT2D eigenvalue weighted by atomic mass is 16.5. The van der Waals surface area contributed by atoms with Crippen molar-refractivity contribution in [3.05, 3.63) is 72.1 Å². The van der Waals surface area contributed by atoms with Gasteiger partial charge < -0.3 is 10.1 Å². The van der Waals surface area contributed by atoms with Crippen LogP contribution >= 0.6 is 0 Å². The Hall–Kier alpha value is -3.68. The Labute approximate surface area is 155 Å². The normalized spacial score (nSPS) is 10.9. The van der Waals surface area contributed by atoms with Crippen molar-refractivity contribution in [1.29, 1.82) is 0 Å². The standard InChI is InChI=1S/C19H18N6O2/c1-13-17(24-8-4-7-20-19(24)23-13)18(26)21-10-14-11-22-25(12-14)15-5-3-6-16(9-15)27-2/h3-9,11-12H,10H2,1-2H3,(H,21,26). The van der Waals surface area contributed by atoms with Crippen molar-refractivity contribution in [1.82, 2.24) is 29.5 Å². The first-order chi connectivity index (χ1) is 13.2. The summed E-state index contributed by atoms with van der Waals surface area (Å²) in [6, 6.07) is 9.37. The van der Waals surface area contributed by atoms with Crippen LogP contribution in [-0.2, 0) is 6.54 Å². The first-order valence-electron chi connectivity index (χ1n) is 8.41. The molecule has 0 saturated carbocycles. The summed E-state index contributed by atoms with van der Waals surface area (Å²) in [5, 5.41) is 7.27. The summed E-state index contributed by atoms with van der Waals surface area (Å²) in [5.41, 5.74) is 2.89.